The second kappa shape index (κ2) is 7.92. The minimum absolute atomic E-state index is 0.145. The molecular weight excluding hydrogens is 324 g/mol. The Labute approximate surface area is 155 Å². The van der Waals surface area contributed by atoms with E-state index in [-0.39, 0.29) is 5.91 Å². The molecule has 1 N–H and O–H groups in total. The number of carbonyl (C=O) groups is 1. The number of ether oxygens (including phenoxy) is 1. The minimum Gasteiger partial charge on any atom is -0.381 e. The minimum atomic E-state index is 0.145. The van der Waals surface area contributed by atoms with Gasteiger partial charge in [-0.2, -0.15) is 0 Å². The summed E-state index contributed by atoms with van der Waals surface area (Å²) in [6, 6.07) is 17.4. The molecule has 136 valence electrons. The quantitative estimate of drug-likeness (QED) is 0.869. The predicted molar refractivity (Wildman–Crippen MR) is 103 cm³/mol. The van der Waals surface area contributed by atoms with Crippen LogP contribution in [0.5, 0.6) is 0 Å². The molecule has 2 aliphatic heterocycles. The molecule has 1 fully saturated rings. The lowest BCUT2D eigenvalue weighted by molar-refractivity contribution is -0.122. The summed E-state index contributed by atoms with van der Waals surface area (Å²) in [7, 11) is 0. The zero-order valence-corrected chi connectivity index (χ0v) is 15.1. The van der Waals surface area contributed by atoms with Crippen molar-refractivity contribution in [2.75, 3.05) is 24.7 Å². The highest BCUT2D eigenvalue weighted by atomic mass is 16.5. The number of anilines is 1. The summed E-state index contributed by atoms with van der Waals surface area (Å²) >= 11 is 0. The number of carbonyl (C=O) groups excluding carboxylic acids is 1. The maximum absolute atomic E-state index is 12.0. The second-order valence-corrected chi connectivity index (χ2v) is 7.32. The van der Waals surface area contributed by atoms with Crippen LogP contribution >= 0.6 is 0 Å². The van der Waals surface area contributed by atoms with E-state index in [0.717, 1.165) is 39.1 Å². The first-order valence-corrected chi connectivity index (χ1v) is 9.53. The number of hydrogen-bond donors (Lipinski definition) is 1. The normalized spacial score (nSPS) is 18.8. The Hall–Kier alpha value is -2.33. The highest BCUT2D eigenvalue weighted by molar-refractivity contribution is 5.76. The molecular formula is C22H26N2O2. The monoisotopic (exact) mass is 350 g/mol. The van der Waals surface area contributed by atoms with E-state index in [4.69, 9.17) is 4.74 Å². The third-order valence-corrected chi connectivity index (χ3v) is 5.38. The van der Waals surface area contributed by atoms with Crippen LogP contribution in [-0.4, -0.2) is 25.7 Å². The fourth-order valence-corrected chi connectivity index (χ4v) is 3.81. The summed E-state index contributed by atoms with van der Waals surface area (Å²) in [4.78, 5) is 14.4. The van der Waals surface area contributed by atoms with Gasteiger partial charge in [0.1, 0.15) is 0 Å². The summed E-state index contributed by atoms with van der Waals surface area (Å²) in [6.45, 7) is 4.19. The van der Waals surface area contributed by atoms with Crippen molar-refractivity contribution in [3.05, 3.63) is 65.2 Å². The molecule has 1 atom stereocenters. The van der Waals surface area contributed by atoms with Gasteiger partial charge in [0, 0.05) is 45.0 Å². The van der Waals surface area contributed by atoms with Gasteiger partial charge in [0.2, 0.25) is 5.91 Å². The second-order valence-electron chi connectivity index (χ2n) is 7.32. The van der Waals surface area contributed by atoms with Crippen molar-refractivity contribution in [3.63, 3.8) is 0 Å². The molecule has 0 saturated carbocycles. The molecule has 0 spiro atoms. The van der Waals surface area contributed by atoms with Crippen molar-refractivity contribution >= 4 is 11.6 Å². The number of amides is 1. The van der Waals surface area contributed by atoms with Crippen molar-refractivity contribution in [3.8, 4) is 0 Å². The lowest BCUT2D eigenvalue weighted by Gasteiger charge is -2.18. The van der Waals surface area contributed by atoms with Crippen molar-refractivity contribution in [1.29, 1.82) is 0 Å². The van der Waals surface area contributed by atoms with Crippen LogP contribution in [0.3, 0.4) is 0 Å². The van der Waals surface area contributed by atoms with Gasteiger partial charge in [0.05, 0.1) is 0 Å². The van der Waals surface area contributed by atoms with Gasteiger partial charge < -0.3 is 15.0 Å². The SMILES string of the molecule is O=C(CC1CCOC1)NCCc1ccc(N2Cc3ccccc3C2)cc1. The van der Waals surface area contributed by atoms with E-state index < -0.39 is 0 Å². The van der Waals surface area contributed by atoms with Crippen LogP contribution in [0.25, 0.3) is 0 Å². The summed E-state index contributed by atoms with van der Waals surface area (Å²) in [6.07, 6.45) is 2.47. The van der Waals surface area contributed by atoms with Crippen molar-refractivity contribution in [2.24, 2.45) is 5.92 Å². The Balaban J connectivity index is 1.24. The van der Waals surface area contributed by atoms with E-state index in [1.807, 2.05) is 0 Å². The first-order chi connectivity index (χ1) is 12.8. The Kier molecular flexibility index (Phi) is 5.21. The number of benzene rings is 2. The molecule has 0 radical (unpaired) electrons. The van der Waals surface area contributed by atoms with Gasteiger partial charge in [-0.1, -0.05) is 36.4 Å². The maximum atomic E-state index is 12.0. The van der Waals surface area contributed by atoms with E-state index >= 15 is 0 Å². The van der Waals surface area contributed by atoms with Gasteiger partial charge in [-0.05, 0) is 47.6 Å². The number of hydrogen-bond acceptors (Lipinski definition) is 3. The largest absolute Gasteiger partial charge is 0.381 e. The lowest BCUT2D eigenvalue weighted by atomic mass is 10.0. The Morgan fingerprint density at radius 1 is 1.08 bits per heavy atom. The zero-order valence-electron chi connectivity index (χ0n) is 15.1. The van der Waals surface area contributed by atoms with Crippen LogP contribution in [0.4, 0.5) is 5.69 Å². The third-order valence-electron chi connectivity index (χ3n) is 5.38. The molecule has 1 saturated heterocycles. The highest BCUT2D eigenvalue weighted by Gasteiger charge is 2.19. The summed E-state index contributed by atoms with van der Waals surface area (Å²) < 4.78 is 5.32. The van der Waals surface area contributed by atoms with Crippen molar-refractivity contribution in [2.45, 2.75) is 32.4 Å². The molecule has 2 aromatic rings. The Morgan fingerprint density at radius 2 is 1.81 bits per heavy atom. The first-order valence-electron chi connectivity index (χ1n) is 9.53. The van der Waals surface area contributed by atoms with Gasteiger partial charge in [-0.3, -0.25) is 4.79 Å². The fraction of sp³-hybridized carbons (Fsp3) is 0.409. The zero-order chi connectivity index (χ0) is 17.8. The summed E-state index contributed by atoms with van der Waals surface area (Å²) in [5, 5.41) is 3.03. The average Bonchev–Trinajstić information content (AvgIpc) is 3.31. The van der Waals surface area contributed by atoms with Gasteiger partial charge in [0.25, 0.3) is 0 Å². The molecule has 0 aromatic heterocycles. The highest BCUT2D eigenvalue weighted by Crippen LogP contribution is 2.28. The van der Waals surface area contributed by atoms with Crippen LogP contribution in [-0.2, 0) is 29.0 Å². The Bertz CT molecular complexity index is 726. The topological polar surface area (TPSA) is 41.6 Å². The summed E-state index contributed by atoms with van der Waals surface area (Å²) in [5.41, 5.74) is 5.36. The smallest absolute Gasteiger partial charge is 0.220 e. The molecule has 1 amide bonds. The maximum Gasteiger partial charge on any atom is 0.220 e. The van der Waals surface area contributed by atoms with Gasteiger partial charge in [0.15, 0.2) is 0 Å². The van der Waals surface area contributed by atoms with Crippen LogP contribution in [0, 0.1) is 5.92 Å². The van der Waals surface area contributed by atoms with Gasteiger partial charge in [-0.25, -0.2) is 0 Å². The van der Waals surface area contributed by atoms with Crippen molar-refractivity contribution < 1.29 is 9.53 Å². The number of fused-ring (bicyclic) bond motifs is 1. The molecule has 2 heterocycles. The van der Waals surface area contributed by atoms with Crippen LogP contribution in [0.1, 0.15) is 29.5 Å². The van der Waals surface area contributed by atoms with E-state index in [2.05, 4.69) is 58.7 Å². The van der Waals surface area contributed by atoms with Gasteiger partial charge in [-0.15, -0.1) is 0 Å². The molecule has 2 aromatic carbocycles. The van der Waals surface area contributed by atoms with Crippen LogP contribution in [0.2, 0.25) is 0 Å². The molecule has 4 nitrogen and oxygen atoms in total. The molecule has 4 heteroatoms. The molecule has 26 heavy (non-hydrogen) atoms. The summed E-state index contributed by atoms with van der Waals surface area (Å²) in [5.74, 6) is 0.547. The number of nitrogens with zero attached hydrogens (tertiary/aromatic N) is 1. The number of rotatable bonds is 6. The molecule has 2 aliphatic rings. The third kappa shape index (κ3) is 4.07. The van der Waals surface area contributed by atoms with E-state index in [9.17, 15) is 4.79 Å². The van der Waals surface area contributed by atoms with Gasteiger partial charge >= 0.3 is 0 Å². The predicted octanol–water partition coefficient (Wildman–Crippen LogP) is 3.29. The average molecular weight is 350 g/mol. The van der Waals surface area contributed by atoms with E-state index in [1.165, 1.54) is 22.4 Å². The lowest BCUT2D eigenvalue weighted by Crippen LogP contribution is -2.27. The Morgan fingerprint density at radius 3 is 2.46 bits per heavy atom. The molecule has 4 rings (SSSR count). The fourth-order valence-electron chi connectivity index (χ4n) is 3.81. The van der Waals surface area contributed by atoms with E-state index in [0.29, 0.717) is 18.9 Å². The first kappa shape index (κ1) is 17.1. The number of nitrogens with one attached hydrogen (secondary N) is 1. The molecule has 1 unspecified atom stereocenters. The van der Waals surface area contributed by atoms with E-state index in [1.54, 1.807) is 0 Å². The van der Waals surface area contributed by atoms with Crippen LogP contribution < -0.4 is 10.2 Å². The van der Waals surface area contributed by atoms with Crippen LogP contribution in [0.15, 0.2) is 48.5 Å². The standard InChI is InChI=1S/C22H26N2O2/c25-22(13-18-10-12-26-16-18)23-11-9-17-5-7-21(8-6-17)24-14-19-3-1-2-4-20(19)15-24/h1-8,18H,9-16H2,(H,23,25). The molecule has 0 bridgehead atoms. The van der Waals surface area contributed by atoms with Crippen molar-refractivity contribution in [1.82, 2.24) is 5.32 Å². The molecule has 0 aliphatic carbocycles.